The van der Waals surface area contributed by atoms with Crippen molar-refractivity contribution in [3.05, 3.63) is 76.3 Å². The van der Waals surface area contributed by atoms with Crippen molar-refractivity contribution in [1.29, 1.82) is 0 Å². The number of hydrogen-bond donors (Lipinski definition) is 2. The molecular formula is C24H27N4O3S2+. The molecule has 1 fully saturated rings. The summed E-state index contributed by atoms with van der Waals surface area (Å²) in [6, 6.07) is 16.7. The SMILES string of the molecule is O=C(Nc1nc2c(s1)C[NH+](Cc1ccccc1)CC2)c1cccc(S(=O)(=O)N2CCCC2)c1. The zero-order valence-corrected chi connectivity index (χ0v) is 19.9. The van der Waals surface area contributed by atoms with E-state index in [9.17, 15) is 13.2 Å². The molecule has 3 heterocycles. The number of sulfonamides is 1. The van der Waals surface area contributed by atoms with Crippen LogP contribution in [0.3, 0.4) is 0 Å². The first kappa shape index (κ1) is 22.2. The van der Waals surface area contributed by atoms with Crippen LogP contribution in [0.2, 0.25) is 0 Å². The van der Waals surface area contributed by atoms with Crippen molar-refractivity contribution in [2.75, 3.05) is 25.0 Å². The van der Waals surface area contributed by atoms with Crippen molar-refractivity contribution in [3.8, 4) is 0 Å². The monoisotopic (exact) mass is 483 g/mol. The van der Waals surface area contributed by atoms with Crippen LogP contribution in [0, 0.1) is 0 Å². The Morgan fingerprint density at radius 3 is 2.67 bits per heavy atom. The summed E-state index contributed by atoms with van der Waals surface area (Å²) in [5.74, 6) is -0.340. The summed E-state index contributed by atoms with van der Waals surface area (Å²) in [6.07, 6.45) is 2.63. The Balaban J connectivity index is 1.27. The lowest BCUT2D eigenvalue weighted by Gasteiger charge is -2.22. The first-order valence-corrected chi connectivity index (χ1v) is 13.5. The molecule has 1 amide bonds. The van der Waals surface area contributed by atoms with Gasteiger partial charge in [-0.05, 0) is 31.0 Å². The topological polar surface area (TPSA) is 83.8 Å². The van der Waals surface area contributed by atoms with Crippen LogP contribution in [0.5, 0.6) is 0 Å². The Hall–Kier alpha value is -2.59. The molecule has 2 aromatic carbocycles. The highest BCUT2D eigenvalue weighted by Gasteiger charge is 2.28. The molecule has 1 atom stereocenters. The number of thiazole rings is 1. The number of quaternary nitrogens is 1. The van der Waals surface area contributed by atoms with E-state index in [0.717, 1.165) is 44.6 Å². The number of hydrogen-bond acceptors (Lipinski definition) is 5. The minimum Gasteiger partial charge on any atom is -0.326 e. The fraction of sp³-hybridized carbons (Fsp3) is 0.333. The molecular weight excluding hydrogens is 456 g/mol. The third kappa shape index (κ3) is 4.86. The summed E-state index contributed by atoms with van der Waals surface area (Å²) < 4.78 is 27.2. The number of fused-ring (bicyclic) bond motifs is 1. The van der Waals surface area contributed by atoms with Crippen LogP contribution in [-0.4, -0.2) is 43.2 Å². The summed E-state index contributed by atoms with van der Waals surface area (Å²) in [5.41, 5.74) is 2.69. The second-order valence-electron chi connectivity index (χ2n) is 8.57. The largest absolute Gasteiger partial charge is 0.326 e. The molecule has 172 valence electrons. The molecule has 5 rings (SSSR count). The molecule has 3 aromatic rings. The van der Waals surface area contributed by atoms with Gasteiger partial charge in [-0.25, -0.2) is 13.4 Å². The zero-order chi connectivity index (χ0) is 22.8. The molecule has 0 radical (unpaired) electrons. The van der Waals surface area contributed by atoms with Gasteiger partial charge < -0.3 is 4.90 Å². The van der Waals surface area contributed by atoms with Crippen molar-refractivity contribution in [2.24, 2.45) is 0 Å². The number of carbonyl (C=O) groups is 1. The van der Waals surface area contributed by atoms with Crippen LogP contribution in [0.4, 0.5) is 5.13 Å². The van der Waals surface area contributed by atoms with Gasteiger partial charge in [-0.1, -0.05) is 47.7 Å². The molecule has 9 heteroatoms. The first-order chi connectivity index (χ1) is 16.0. The fourth-order valence-electron chi connectivity index (χ4n) is 4.46. The molecule has 2 aliphatic rings. The van der Waals surface area contributed by atoms with Gasteiger partial charge in [-0.2, -0.15) is 4.31 Å². The van der Waals surface area contributed by atoms with Gasteiger partial charge in [0, 0.05) is 30.6 Å². The minimum absolute atomic E-state index is 0.163. The van der Waals surface area contributed by atoms with E-state index in [-0.39, 0.29) is 10.8 Å². The third-order valence-corrected chi connectivity index (χ3v) is 9.13. The summed E-state index contributed by atoms with van der Waals surface area (Å²) in [6.45, 7) is 3.94. The molecule has 1 unspecified atom stereocenters. The number of aromatic nitrogens is 1. The maximum Gasteiger partial charge on any atom is 0.257 e. The van der Waals surface area contributed by atoms with Crippen LogP contribution in [-0.2, 0) is 29.5 Å². The zero-order valence-electron chi connectivity index (χ0n) is 18.3. The quantitative estimate of drug-likeness (QED) is 0.564. The first-order valence-electron chi connectivity index (χ1n) is 11.3. The predicted octanol–water partition coefficient (Wildman–Crippen LogP) is 2.32. The van der Waals surface area contributed by atoms with Crippen molar-refractivity contribution in [3.63, 3.8) is 0 Å². The normalized spacial score (nSPS) is 18.7. The Morgan fingerprint density at radius 1 is 1.09 bits per heavy atom. The van der Waals surface area contributed by atoms with Gasteiger partial charge >= 0.3 is 0 Å². The van der Waals surface area contributed by atoms with Gasteiger partial charge in [0.15, 0.2) is 5.13 Å². The molecule has 0 saturated carbocycles. The van der Waals surface area contributed by atoms with Gasteiger partial charge in [0.25, 0.3) is 5.91 Å². The highest BCUT2D eigenvalue weighted by Crippen LogP contribution is 2.26. The van der Waals surface area contributed by atoms with Crippen LogP contribution in [0.1, 0.15) is 39.3 Å². The van der Waals surface area contributed by atoms with Crippen LogP contribution in [0.25, 0.3) is 0 Å². The van der Waals surface area contributed by atoms with Crippen LogP contribution >= 0.6 is 11.3 Å². The predicted molar refractivity (Wildman–Crippen MR) is 128 cm³/mol. The molecule has 0 spiro atoms. The number of benzene rings is 2. The maximum atomic E-state index is 12.9. The van der Waals surface area contributed by atoms with E-state index in [0.29, 0.717) is 23.8 Å². The maximum absolute atomic E-state index is 12.9. The number of nitrogens with zero attached hydrogens (tertiary/aromatic N) is 2. The van der Waals surface area contributed by atoms with E-state index in [1.807, 2.05) is 6.07 Å². The minimum atomic E-state index is -3.56. The second kappa shape index (κ2) is 9.34. The van der Waals surface area contributed by atoms with E-state index in [1.165, 1.54) is 37.0 Å². The second-order valence-corrected chi connectivity index (χ2v) is 11.6. The van der Waals surface area contributed by atoms with Gasteiger partial charge in [0.2, 0.25) is 10.0 Å². The van der Waals surface area contributed by atoms with E-state index in [2.05, 4.69) is 34.6 Å². The Bertz CT molecular complexity index is 1250. The molecule has 1 saturated heterocycles. The molecule has 7 nitrogen and oxygen atoms in total. The fourth-order valence-corrected chi connectivity index (χ4v) is 7.10. The molecule has 0 bridgehead atoms. The van der Waals surface area contributed by atoms with Gasteiger partial charge in [-0.15, -0.1) is 0 Å². The molecule has 33 heavy (non-hydrogen) atoms. The lowest BCUT2D eigenvalue weighted by molar-refractivity contribution is -0.929. The highest BCUT2D eigenvalue weighted by molar-refractivity contribution is 7.89. The van der Waals surface area contributed by atoms with Gasteiger partial charge in [-0.3, -0.25) is 10.1 Å². The molecule has 0 aliphatic carbocycles. The van der Waals surface area contributed by atoms with Crippen LogP contribution in [0.15, 0.2) is 59.5 Å². The summed E-state index contributed by atoms with van der Waals surface area (Å²) in [4.78, 5) is 20.4. The highest BCUT2D eigenvalue weighted by atomic mass is 32.2. The number of rotatable bonds is 6. The average Bonchev–Trinajstić information content (AvgIpc) is 3.50. The molecule has 1 aromatic heterocycles. The summed E-state index contributed by atoms with van der Waals surface area (Å²) in [7, 11) is -3.56. The third-order valence-electron chi connectivity index (χ3n) is 6.22. The summed E-state index contributed by atoms with van der Waals surface area (Å²) in [5, 5.41) is 3.45. The lowest BCUT2D eigenvalue weighted by atomic mass is 10.1. The molecule has 2 N–H and O–H groups in total. The number of carbonyl (C=O) groups excluding carboxylic acids is 1. The standard InChI is InChI=1S/C24H26N4O3S2/c29-23(19-9-6-10-20(15-19)33(30,31)28-12-4-5-13-28)26-24-25-21-11-14-27(17-22(21)32-24)16-18-7-2-1-3-8-18/h1-3,6-10,15H,4-5,11-14,16-17H2,(H,25,26,29)/p+1. The van der Waals surface area contributed by atoms with Crippen LogP contribution < -0.4 is 10.2 Å². The van der Waals surface area contributed by atoms with E-state index < -0.39 is 10.0 Å². The van der Waals surface area contributed by atoms with Gasteiger partial charge in [0.05, 0.1) is 22.0 Å². The van der Waals surface area contributed by atoms with E-state index in [4.69, 9.17) is 0 Å². The number of nitrogens with one attached hydrogen (secondary N) is 2. The Kier molecular flexibility index (Phi) is 6.29. The van der Waals surface area contributed by atoms with Crippen molar-refractivity contribution in [2.45, 2.75) is 37.2 Å². The molecule has 2 aliphatic heterocycles. The number of anilines is 1. The van der Waals surface area contributed by atoms with E-state index >= 15 is 0 Å². The Morgan fingerprint density at radius 2 is 1.88 bits per heavy atom. The average molecular weight is 484 g/mol. The van der Waals surface area contributed by atoms with Crippen molar-refractivity contribution in [1.82, 2.24) is 9.29 Å². The lowest BCUT2D eigenvalue weighted by Crippen LogP contribution is -3.10. The van der Waals surface area contributed by atoms with Crippen molar-refractivity contribution < 1.29 is 18.1 Å². The van der Waals surface area contributed by atoms with Crippen molar-refractivity contribution >= 4 is 32.4 Å². The van der Waals surface area contributed by atoms with Gasteiger partial charge in [0.1, 0.15) is 13.1 Å². The van der Waals surface area contributed by atoms with E-state index in [1.54, 1.807) is 18.2 Å². The smallest absolute Gasteiger partial charge is 0.257 e. The Labute approximate surface area is 198 Å². The number of amides is 1. The summed E-state index contributed by atoms with van der Waals surface area (Å²) >= 11 is 1.51.